The maximum Gasteiger partial charge on any atom is 0.253 e. The van der Waals surface area contributed by atoms with E-state index in [9.17, 15) is 9.59 Å². The zero-order chi connectivity index (χ0) is 20.4. The Bertz CT molecular complexity index is 950. The molecule has 0 saturated carbocycles. The third kappa shape index (κ3) is 4.11. The van der Waals surface area contributed by atoms with Gasteiger partial charge in [-0.3, -0.25) is 9.59 Å². The van der Waals surface area contributed by atoms with Crippen LogP contribution in [0, 0.1) is 0 Å². The molecule has 0 bridgehead atoms. The van der Waals surface area contributed by atoms with Crippen LogP contribution in [0.3, 0.4) is 0 Å². The molecule has 2 amide bonds. The average molecular weight is 392 g/mol. The monoisotopic (exact) mass is 392 g/mol. The fraction of sp³-hybridized carbons (Fsp3) is 0.304. The van der Waals surface area contributed by atoms with Gasteiger partial charge in [0.25, 0.3) is 5.91 Å². The molecular weight excluding hydrogens is 368 g/mol. The number of likely N-dealkylation sites (tertiary alicyclic amines) is 1. The number of amides is 2. The molecule has 150 valence electrons. The van der Waals surface area contributed by atoms with E-state index in [-0.39, 0.29) is 18.6 Å². The normalized spacial score (nSPS) is 17.7. The Morgan fingerprint density at radius 3 is 2.59 bits per heavy atom. The van der Waals surface area contributed by atoms with Gasteiger partial charge in [0, 0.05) is 44.7 Å². The SMILES string of the molecule is CN(C)C(=O)c1ccc(/C=C/C(=O)N2CCC(c3ccc4c(c3)OCO4)C2)cc1. The molecule has 6 heteroatoms. The second-order valence-electron chi connectivity index (χ2n) is 7.54. The fourth-order valence-corrected chi connectivity index (χ4v) is 3.67. The number of ether oxygens (including phenoxy) is 2. The standard InChI is InChI=1S/C23H24N2O4/c1-24(2)23(27)17-6-3-16(4-7-17)5-10-22(26)25-12-11-19(14-25)18-8-9-20-21(13-18)29-15-28-20/h3-10,13,19H,11-12,14-15H2,1-2H3/b10-5+. The summed E-state index contributed by atoms with van der Waals surface area (Å²) in [6.07, 6.45) is 4.32. The molecule has 1 saturated heterocycles. The van der Waals surface area contributed by atoms with Crippen molar-refractivity contribution < 1.29 is 19.1 Å². The summed E-state index contributed by atoms with van der Waals surface area (Å²) >= 11 is 0. The van der Waals surface area contributed by atoms with Crippen LogP contribution in [0.2, 0.25) is 0 Å². The van der Waals surface area contributed by atoms with Crippen molar-refractivity contribution in [1.82, 2.24) is 9.80 Å². The summed E-state index contributed by atoms with van der Waals surface area (Å²) in [4.78, 5) is 27.9. The quantitative estimate of drug-likeness (QED) is 0.750. The zero-order valence-corrected chi connectivity index (χ0v) is 16.6. The van der Waals surface area contributed by atoms with E-state index < -0.39 is 0 Å². The van der Waals surface area contributed by atoms with E-state index in [1.165, 1.54) is 10.5 Å². The molecule has 0 aliphatic carbocycles. The van der Waals surface area contributed by atoms with Crippen molar-refractivity contribution in [3.05, 3.63) is 65.2 Å². The van der Waals surface area contributed by atoms with E-state index in [0.717, 1.165) is 30.0 Å². The summed E-state index contributed by atoms with van der Waals surface area (Å²) in [6, 6.07) is 13.3. The van der Waals surface area contributed by atoms with E-state index in [1.54, 1.807) is 38.4 Å². The number of fused-ring (bicyclic) bond motifs is 1. The molecule has 1 atom stereocenters. The molecule has 4 rings (SSSR count). The predicted octanol–water partition coefficient (Wildman–Crippen LogP) is 3.15. The van der Waals surface area contributed by atoms with Gasteiger partial charge in [0.15, 0.2) is 11.5 Å². The topological polar surface area (TPSA) is 59.1 Å². The molecule has 2 heterocycles. The van der Waals surface area contributed by atoms with E-state index in [0.29, 0.717) is 18.0 Å². The molecule has 29 heavy (non-hydrogen) atoms. The van der Waals surface area contributed by atoms with Gasteiger partial charge in [-0.1, -0.05) is 18.2 Å². The van der Waals surface area contributed by atoms with Gasteiger partial charge in [-0.15, -0.1) is 0 Å². The van der Waals surface area contributed by atoms with Gasteiger partial charge in [0.2, 0.25) is 12.7 Å². The third-order valence-corrected chi connectivity index (χ3v) is 5.35. The highest BCUT2D eigenvalue weighted by molar-refractivity contribution is 5.94. The van der Waals surface area contributed by atoms with Crippen LogP contribution in [0.1, 0.15) is 33.8 Å². The molecule has 0 N–H and O–H groups in total. The van der Waals surface area contributed by atoms with Crippen molar-refractivity contribution in [2.24, 2.45) is 0 Å². The molecule has 2 aliphatic rings. The minimum absolute atomic E-state index is 0.00156. The van der Waals surface area contributed by atoms with Crippen LogP contribution in [0.5, 0.6) is 11.5 Å². The first-order valence-corrected chi connectivity index (χ1v) is 9.69. The highest BCUT2D eigenvalue weighted by atomic mass is 16.7. The Morgan fingerprint density at radius 2 is 1.83 bits per heavy atom. The number of nitrogens with zero attached hydrogens (tertiary/aromatic N) is 2. The van der Waals surface area contributed by atoms with E-state index in [2.05, 4.69) is 6.07 Å². The summed E-state index contributed by atoms with van der Waals surface area (Å²) in [5.41, 5.74) is 2.69. The smallest absolute Gasteiger partial charge is 0.253 e. The molecule has 2 aromatic rings. The summed E-state index contributed by atoms with van der Waals surface area (Å²) in [6.45, 7) is 1.70. The molecule has 2 aromatic carbocycles. The van der Waals surface area contributed by atoms with Crippen LogP contribution in [0.4, 0.5) is 0 Å². The summed E-state index contributed by atoms with van der Waals surface area (Å²) in [5, 5.41) is 0. The summed E-state index contributed by atoms with van der Waals surface area (Å²) < 4.78 is 10.8. The molecule has 0 spiro atoms. The maximum absolute atomic E-state index is 12.6. The molecular formula is C23H24N2O4. The Morgan fingerprint density at radius 1 is 1.07 bits per heavy atom. The number of rotatable bonds is 4. The fourth-order valence-electron chi connectivity index (χ4n) is 3.67. The lowest BCUT2D eigenvalue weighted by Crippen LogP contribution is -2.26. The first-order valence-electron chi connectivity index (χ1n) is 9.69. The van der Waals surface area contributed by atoms with Crippen molar-refractivity contribution in [1.29, 1.82) is 0 Å². The van der Waals surface area contributed by atoms with E-state index in [1.807, 2.05) is 29.2 Å². The Balaban J connectivity index is 1.36. The highest BCUT2D eigenvalue weighted by Crippen LogP contribution is 2.37. The highest BCUT2D eigenvalue weighted by Gasteiger charge is 2.27. The Labute approximate surface area is 170 Å². The van der Waals surface area contributed by atoms with Gasteiger partial charge in [-0.05, 0) is 47.9 Å². The number of hydrogen-bond donors (Lipinski definition) is 0. The van der Waals surface area contributed by atoms with Crippen molar-refractivity contribution in [2.75, 3.05) is 34.0 Å². The lowest BCUT2D eigenvalue weighted by molar-refractivity contribution is -0.124. The van der Waals surface area contributed by atoms with Crippen LogP contribution in [-0.2, 0) is 4.79 Å². The van der Waals surface area contributed by atoms with Crippen LogP contribution >= 0.6 is 0 Å². The molecule has 0 radical (unpaired) electrons. The number of carbonyl (C=O) groups is 2. The maximum atomic E-state index is 12.6. The number of hydrogen-bond acceptors (Lipinski definition) is 4. The Hall–Kier alpha value is -3.28. The van der Waals surface area contributed by atoms with Gasteiger partial charge >= 0.3 is 0 Å². The first kappa shape index (κ1) is 19.1. The van der Waals surface area contributed by atoms with Gasteiger partial charge in [-0.2, -0.15) is 0 Å². The van der Waals surface area contributed by atoms with Gasteiger partial charge < -0.3 is 19.3 Å². The van der Waals surface area contributed by atoms with Crippen LogP contribution in [0.15, 0.2) is 48.5 Å². The number of carbonyl (C=O) groups excluding carboxylic acids is 2. The lowest BCUT2D eigenvalue weighted by atomic mass is 9.98. The second kappa shape index (κ2) is 7.99. The molecule has 1 fully saturated rings. The Kier molecular flexibility index (Phi) is 5.25. The van der Waals surface area contributed by atoms with Crippen LogP contribution in [0.25, 0.3) is 6.08 Å². The van der Waals surface area contributed by atoms with Crippen molar-refractivity contribution >= 4 is 17.9 Å². The molecule has 2 aliphatic heterocycles. The van der Waals surface area contributed by atoms with Crippen LogP contribution in [-0.4, -0.2) is 55.6 Å². The van der Waals surface area contributed by atoms with Crippen molar-refractivity contribution in [3.8, 4) is 11.5 Å². The largest absolute Gasteiger partial charge is 0.454 e. The molecule has 1 unspecified atom stereocenters. The summed E-state index contributed by atoms with van der Waals surface area (Å²) in [5.74, 6) is 1.83. The van der Waals surface area contributed by atoms with Gasteiger partial charge in [-0.25, -0.2) is 0 Å². The van der Waals surface area contributed by atoms with E-state index >= 15 is 0 Å². The van der Waals surface area contributed by atoms with Crippen molar-refractivity contribution in [2.45, 2.75) is 12.3 Å². The minimum Gasteiger partial charge on any atom is -0.454 e. The minimum atomic E-state index is -0.0387. The second-order valence-corrected chi connectivity index (χ2v) is 7.54. The predicted molar refractivity (Wildman–Crippen MR) is 110 cm³/mol. The van der Waals surface area contributed by atoms with E-state index in [4.69, 9.17) is 9.47 Å². The number of benzene rings is 2. The summed E-state index contributed by atoms with van der Waals surface area (Å²) in [7, 11) is 3.45. The molecule has 0 aromatic heterocycles. The van der Waals surface area contributed by atoms with Gasteiger partial charge in [0.1, 0.15) is 0 Å². The first-order chi connectivity index (χ1) is 14.0. The third-order valence-electron chi connectivity index (χ3n) is 5.35. The zero-order valence-electron chi connectivity index (χ0n) is 16.6. The van der Waals surface area contributed by atoms with Crippen LogP contribution < -0.4 is 9.47 Å². The molecule has 6 nitrogen and oxygen atoms in total. The average Bonchev–Trinajstić information content (AvgIpc) is 3.40. The lowest BCUT2D eigenvalue weighted by Gasteiger charge is -2.15. The van der Waals surface area contributed by atoms with Gasteiger partial charge in [0.05, 0.1) is 0 Å². The van der Waals surface area contributed by atoms with Crippen molar-refractivity contribution in [3.63, 3.8) is 0 Å².